The normalized spacial score (nSPS) is 15.0. The predicted molar refractivity (Wildman–Crippen MR) is 87.3 cm³/mol. The van der Waals surface area contributed by atoms with Gasteiger partial charge in [0.25, 0.3) is 5.91 Å². The molecule has 4 nitrogen and oxygen atoms in total. The van der Waals surface area contributed by atoms with Gasteiger partial charge in [-0.1, -0.05) is 0 Å². The van der Waals surface area contributed by atoms with Gasteiger partial charge in [0.15, 0.2) is 5.01 Å². The SMILES string of the molecule is Cc1csc(C(=O)Nc2ccc(N3CCCCC3)cc2)n1. The van der Waals surface area contributed by atoms with Crippen molar-refractivity contribution in [3.05, 3.63) is 40.3 Å². The van der Waals surface area contributed by atoms with Gasteiger partial charge in [-0.05, 0) is 50.5 Å². The van der Waals surface area contributed by atoms with E-state index in [0.29, 0.717) is 5.01 Å². The number of hydrogen-bond acceptors (Lipinski definition) is 4. The molecular formula is C16H19N3OS. The molecule has 1 N–H and O–H groups in total. The first-order chi connectivity index (χ1) is 10.2. The molecule has 1 aliphatic heterocycles. The zero-order valence-corrected chi connectivity index (χ0v) is 12.9. The first kappa shape index (κ1) is 14.1. The Balaban J connectivity index is 1.65. The van der Waals surface area contributed by atoms with E-state index in [-0.39, 0.29) is 5.91 Å². The number of carbonyl (C=O) groups is 1. The number of aryl methyl sites for hydroxylation is 1. The second kappa shape index (κ2) is 6.26. The molecule has 110 valence electrons. The lowest BCUT2D eigenvalue weighted by molar-refractivity contribution is 0.102. The quantitative estimate of drug-likeness (QED) is 0.940. The number of anilines is 2. The monoisotopic (exact) mass is 301 g/mol. The summed E-state index contributed by atoms with van der Waals surface area (Å²) in [6.07, 6.45) is 3.86. The molecule has 1 aromatic carbocycles. The zero-order valence-electron chi connectivity index (χ0n) is 12.1. The minimum atomic E-state index is -0.140. The number of carbonyl (C=O) groups excluding carboxylic acids is 1. The molecule has 1 aromatic heterocycles. The molecule has 1 saturated heterocycles. The van der Waals surface area contributed by atoms with Crippen LogP contribution >= 0.6 is 11.3 Å². The molecule has 0 radical (unpaired) electrons. The fourth-order valence-electron chi connectivity index (χ4n) is 2.55. The highest BCUT2D eigenvalue weighted by molar-refractivity contribution is 7.11. The number of piperidine rings is 1. The second-order valence-electron chi connectivity index (χ2n) is 5.34. The van der Waals surface area contributed by atoms with E-state index in [1.54, 1.807) is 0 Å². The van der Waals surface area contributed by atoms with Crippen LogP contribution < -0.4 is 10.2 Å². The number of aromatic nitrogens is 1. The number of rotatable bonds is 3. The Morgan fingerprint density at radius 2 is 1.90 bits per heavy atom. The minimum absolute atomic E-state index is 0.140. The van der Waals surface area contributed by atoms with Crippen LogP contribution in [0.4, 0.5) is 11.4 Å². The van der Waals surface area contributed by atoms with Crippen LogP contribution in [0.15, 0.2) is 29.6 Å². The molecule has 1 fully saturated rings. The summed E-state index contributed by atoms with van der Waals surface area (Å²) in [5.41, 5.74) is 2.93. The van der Waals surface area contributed by atoms with E-state index in [2.05, 4.69) is 27.3 Å². The third-order valence-electron chi connectivity index (χ3n) is 3.66. The standard InChI is InChI=1S/C16H19N3OS/c1-12-11-21-16(17-12)15(20)18-13-5-7-14(8-6-13)19-9-3-2-4-10-19/h5-8,11H,2-4,9-10H2,1H3,(H,18,20). The second-order valence-corrected chi connectivity index (χ2v) is 6.20. The van der Waals surface area contributed by atoms with Crippen LogP contribution in [0.5, 0.6) is 0 Å². The van der Waals surface area contributed by atoms with Crippen LogP contribution in [0.3, 0.4) is 0 Å². The molecule has 0 bridgehead atoms. The first-order valence-corrected chi connectivity index (χ1v) is 8.19. The van der Waals surface area contributed by atoms with Crippen molar-refractivity contribution in [2.24, 2.45) is 0 Å². The highest BCUT2D eigenvalue weighted by Gasteiger charge is 2.12. The molecule has 1 amide bonds. The number of benzene rings is 1. The van der Waals surface area contributed by atoms with Crippen molar-refractivity contribution in [1.29, 1.82) is 0 Å². The maximum atomic E-state index is 12.0. The Hall–Kier alpha value is -1.88. The summed E-state index contributed by atoms with van der Waals surface area (Å²) in [6.45, 7) is 4.15. The molecule has 0 atom stereocenters. The summed E-state index contributed by atoms with van der Waals surface area (Å²) in [7, 11) is 0. The van der Waals surface area contributed by atoms with Crippen molar-refractivity contribution in [2.45, 2.75) is 26.2 Å². The third kappa shape index (κ3) is 3.42. The van der Waals surface area contributed by atoms with E-state index in [0.717, 1.165) is 24.5 Å². The first-order valence-electron chi connectivity index (χ1n) is 7.31. The van der Waals surface area contributed by atoms with E-state index in [1.165, 1.54) is 36.3 Å². The average molecular weight is 301 g/mol. The van der Waals surface area contributed by atoms with Crippen LogP contribution in [-0.2, 0) is 0 Å². The molecule has 3 rings (SSSR count). The Morgan fingerprint density at radius 1 is 1.19 bits per heavy atom. The third-order valence-corrected chi connectivity index (χ3v) is 4.62. The van der Waals surface area contributed by atoms with Gasteiger partial charge in [-0.3, -0.25) is 4.79 Å². The van der Waals surface area contributed by atoms with E-state index in [9.17, 15) is 4.79 Å². The minimum Gasteiger partial charge on any atom is -0.372 e. The maximum absolute atomic E-state index is 12.0. The summed E-state index contributed by atoms with van der Waals surface area (Å²) in [5.74, 6) is -0.140. The van der Waals surface area contributed by atoms with Crippen molar-refractivity contribution in [1.82, 2.24) is 4.98 Å². The molecular weight excluding hydrogens is 282 g/mol. The molecule has 0 spiro atoms. The predicted octanol–water partition coefficient (Wildman–Crippen LogP) is 3.69. The van der Waals surface area contributed by atoms with Gasteiger partial charge < -0.3 is 10.2 Å². The van der Waals surface area contributed by atoms with Crippen molar-refractivity contribution < 1.29 is 4.79 Å². The number of hydrogen-bond donors (Lipinski definition) is 1. The van der Waals surface area contributed by atoms with E-state index in [4.69, 9.17) is 0 Å². The van der Waals surface area contributed by atoms with E-state index in [1.807, 2.05) is 24.4 Å². The van der Waals surface area contributed by atoms with Gasteiger partial charge in [-0.2, -0.15) is 0 Å². The van der Waals surface area contributed by atoms with Crippen LogP contribution in [0, 0.1) is 6.92 Å². The van der Waals surface area contributed by atoms with Gasteiger partial charge in [0.1, 0.15) is 0 Å². The Morgan fingerprint density at radius 3 is 2.52 bits per heavy atom. The summed E-state index contributed by atoms with van der Waals surface area (Å²) >= 11 is 1.37. The number of nitrogens with one attached hydrogen (secondary N) is 1. The Kier molecular flexibility index (Phi) is 4.20. The molecule has 2 heterocycles. The van der Waals surface area contributed by atoms with Crippen molar-refractivity contribution in [3.8, 4) is 0 Å². The van der Waals surface area contributed by atoms with Crippen molar-refractivity contribution in [2.75, 3.05) is 23.3 Å². The van der Waals surface area contributed by atoms with Gasteiger partial charge in [-0.15, -0.1) is 11.3 Å². The zero-order chi connectivity index (χ0) is 14.7. The fourth-order valence-corrected chi connectivity index (χ4v) is 3.24. The molecule has 0 aliphatic carbocycles. The van der Waals surface area contributed by atoms with Crippen molar-refractivity contribution in [3.63, 3.8) is 0 Å². The molecule has 1 aliphatic rings. The van der Waals surface area contributed by atoms with Gasteiger partial charge in [0, 0.05) is 35.5 Å². The van der Waals surface area contributed by atoms with Crippen LogP contribution in [0.1, 0.15) is 34.8 Å². The highest BCUT2D eigenvalue weighted by Crippen LogP contribution is 2.22. The van der Waals surface area contributed by atoms with Crippen molar-refractivity contribution >= 4 is 28.6 Å². The molecule has 5 heteroatoms. The van der Waals surface area contributed by atoms with Crippen LogP contribution in [0.25, 0.3) is 0 Å². The summed E-state index contributed by atoms with van der Waals surface area (Å²) in [5, 5.41) is 5.28. The van der Waals surface area contributed by atoms with E-state index < -0.39 is 0 Å². The molecule has 21 heavy (non-hydrogen) atoms. The number of nitrogens with zero attached hydrogens (tertiary/aromatic N) is 2. The molecule has 0 saturated carbocycles. The fraction of sp³-hybridized carbons (Fsp3) is 0.375. The highest BCUT2D eigenvalue weighted by atomic mass is 32.1. The number of amides is 1. The smallest absolute Gasteiger partial charge is 0.284 e. The summed E-state index contributed by atoms with van der Waals surface area (Å²) in [4.78, 5) is 18.6. The molecule has 0 unspecified atom stereocenters. The topological polar surface area (TPSA) is 45.2 Å². The summed E-state index contributed by atoms with van der Waals surface area (Å²) < 4.78 is 0. The average Bonchev–Trinajstić information content (AvgIpc) is 2.96. The van der Waals surface area contributed by atoms with Crippen LogP contribution in [0.2, 0.25) is 0 Å². The van der Waals surface area contributed by atoms with E-state index >= 15 is 0 Å². The van der Waals surface area contributed by atoms with Gasteiger partial charge >= 0.3 is 0 Å². The lowest BCUT2D eigenvalue weighted by atomic mass is 10.1. The lowest BCUT2D eigenvalue weighted by Crippen LogP contribution is -2.29. The maximum Gasteiger partial charge on any atom is 0.284 e. The van der Waals surface area contributed by atoms with Gasteiger partial charge in [0.05, 0.1) is 0 Å². The molecule has 2 aromatic rings. The van der Waals surface area contributed by atoms with Gasteiger partial charge in [0.2, 0.25) is 0 Å². The summed E-state index contributed by atoms with van der Waals surface area (Å²) in [6, 6.07) is 8.08. The largest absolute Gasteiger partial charge is 0.372 e. The number of thiazole rings is 1. The Labute approximate surface area is 128 Å². The van der Waals surface area contributed by atoms with Crippen LogP contribution in [-0.4, -0.2) is 24.0 Å². The Bertz CT molecular complexity index is 615. The lowest BCUT2D eigenvalue weighted by Gasteiger charge is -2.28. The van der Waals surface area contributed by atoms with Gasteiger partial charge in [-0.25, -0.2) is 4.98 Å².